The molecule has 0 spiro atoms. The standard InChI is InChI=1S/C17H14N4O3S2/c1-10-13(14(21-24-10)11-6-3-2-4-7-11)16(23)18-17(25)20-19-15(22)12-8-5-9-26-12/h2-9H,1H3,(H,19,22)(H2,18,20,23,25). The molecular weight excluding hydrogens is 372 g/mol. The third-order valence-corrected chi connectivity index (χ3v) is 4.47. The van der Waals surface area contributed by atoms with E-state index in [1.807, 2.05) is 30.3 Å². The highest BCUT2D eigenvalue weighted by molar-refractivity contribution is 7.80. The van der Waals surface area contributed by atoms with E-state index in [4.69, 9.17) is 16.7 Å². The number of amides is 2. The number of nitrogens with zero attached hydrogens (tertiary/aromatic N) is 1. The van der Waals surface area contributed by atoms with Gasteiger partial charge in [-0.1, -0.05) is 41.6 Å². The van der Waals surface area contributed by atoms with Crippen LogP contribution in [0, 0.1) is 6.92 Å². The fourth-order valence-corrected chi connectivity index (χ4v) is 2.98. The number of hydrogen-bond acceptors (Lipinski definition) is 6. The Morgan fingerprint density at radius 1 is 1.08 bits per heavy atom. The molecule has 3 rings (SSSR count). The summed E-state index contributed by atoms with van der Waals surface area (Å²) in [6.07, 6.45) is 0. The minimum Gasteiger partial charge on any atom is -0.360 e. The van der Waals surface area contributed by atoms with Crippen LogP contribution in [0.4, 0.5) is 0 Å². The van der Waals surface area contributed by atoms with E-state index < -0.39 is 5.91 Å². The van der Waals surface area contributed by atoms with E-state index in [1.165, 1.54) is 11.3 Å². The van der Waals surface area contributed by atoms with Crippen molar-refractivity contribution < 1.29 is 14.1 Å². The first-order valence-electron chi connectivity index (χ1n) is 7.53. The molecule has 0 radical (unpaired) electrons. The van der Waals surface area contributed by atoms with Gasteiger partial charge in [0.1, 0.15) is 17.0 Å². The molecule has 0 fully saturated rings. The van der Waals surface area contributed by atoms with E-state index in [-0.39, 0.29) is 16.6 Å². The third kappa shape index (κ3) is 3.95. The van der Waals surface area contributed by atoms with Gasteiger partial charge < -0.3 is 4.52 Å². The summed E-state index contributed by atoms with van der Waals surface area (Å²) < 4.78 is 5.16. The highest BCUT2D eigenvalue weighted by Crippen LogP contribution is 2.24. The minimum atomic E-state index is -0.481. The van der Waals surface area contributed by atoms with E-state index in [2.05, 4.69) is 21.3 Å². The van der Waals surface area contributed by atoms with Gasteiger partial charge in [0.05, 0.1) is 4.88 Å². The molecule has 0 atom stereocenters. The van der Waals surface area contributed by atoms with Gasteiger partial charge in [0.25, 0.3) is 11.8 Å². The van der Waals surface area contributed by atoms with Crippen molar-refractivity contribution >= 4 is 40.5 Å². The predicted octanol–water partition coefficient (Wildman–Crippen LogP) is 2.66. The molecule has 0 saturated carbocycles. The van der Waals surface area contributed by atoms with E-state index in [0.717, 1.165) is 5.56 Å². The van der Waals surface area contributed by atoms with Gasteiger partial charge in [-0.05, 0) is 30.6 Å². The molecule has 0 aliphatic rings. The van der Waals surface area contributed by atoms with Crippen LogP contribution in [0.5, 0.6) is 0 Å². The normalized spacial score (nSPS) is 10.2. The summed E-state index contributed by atoms with van der Waals surface area (Å²) in [6.45, 7) is 1.64. The number of thiophene rings is 1. The smallest absolute Gasteiger partial charge is 0.279 e. The molecule has 2 heterocycles. The second-order valence-electron chi connectivity index (χ2n) is 5.17. The van der Waals surface area contributed by atoms with Crippen LogP contribution in [-0.4, -0.2) is 22.1 Å². The van der Waals surface area contributed by atoms with Crippen LogP contribution < -0.4 is 16.2 Å². The van der Waals surface area contributed by atoms with Crippen molar-refractivity contribution in [2.75, 3.05) is 0 Å². The molecule has 26 heavy (non-hydrogen) atoms. The first-order valence-corrected chi connectivity index (χ1v) is 8.82. The quantitative estimate of drug-likeness (QED) is 0.473. The number of hydrazine groups is 1. The Morgan fingerprint density at radius 2 is 1.85 bits per heavy atom. The maximum atomic E-state index is 12.6. The zero-order valence-electron chi connectivity index (χ0n) is 13.6. The van der Waals surface area contributed by atoms with E-state index in [1.54, 1.807) is 24.4 Å². The monoisotopic (exact) mass is 386 g/mol. The number of thiocarbonyl (C=S) groups is 1. The first-order chi connectivity index (χ1) is 12.6. The van der Waals surface area contributed by atoms with Crippen LogP contribution >= 0.6 is 23.6 Å². The van der Waals surface area contributed by atoms with Gasteiger partial charge in [0.2, 0.25) is 0 Å². The Bertz CT molecular complexity index is 936. The molecule has 2 amide bonds. The molecule has 0 aliphatic heterocycles. The van der Waals surface area contributed by atoms with Gasteiger partial charge in [-0.2, -0.15) is 0 Å². The van der Waals surface area contributed by atoms with Crippen LogP contribution in [-0.2, 0) is 0 Å². The number of aromatic nitrogens is 1. The minimum absolute atomic E-state index is 0.0421. The maximum Gasteiger partial charge on any atom is 0.279 e. The summed E-state index contributed by atoms with van der Waals surface area (Å²) in [5.74, 6) is -0.458. The van der Waals surface area contributed by atoms with Crippen LogP contribution in [0.2, 0.25) is 0 Å². The fourth-order valence-electron chi connectivity index (χ4n) is 2.21. The van der Waals surface area contributed by atoms with Crippen molar-refractivity contribution in [1.29, 1.82) is 0 Å². The number of nitrogens with one attached hydrogen (secondary N) is 3. The first kappa shape index (κ1) is 17.8. The number of aryl methyl sites for hydroxylation is 1. The number of carbonyl (C=O) groups excluding carboxylic acids is 2. The summed E-state index contributed by atoms with van der Waals surface area (Å²) in [4.78, 5) is 24.9. The van der Waals surface area contributed by atoms with Crippen LogP contribution in [0.15, 0.2) is 52.4 Å². The maximum absolute atomic E-state index is 12.6. The van der Waals surface area contributed by atoms with Gasteiger partial charge in [0, 0.05) is 5.56 Å². The molecule has 0 saturated heterocycles. The molecule has 7 nitrogen and oxygen atoms in total. The number of rotatable bonds is 3. The second kappa shape index (κ2) is 7.89. The Balaban J connectivity index is 1.66. The Hall–Kier alpha value is -3.04. The molecule has 3 N–H and O–H groups in total. The molecule has 0 unspecified atom stereocenters. The lowest BCUT2D eigenvalue weighted by Gasteiger charge is -2.10. The van der Waals surface area contributed by atoms with Crippen molar-refractivity contribution in [3.05, 3.63) is 64.0 Å². The van der Waals surface area contributed by atoms with Crippen LogP contribution in [0.1, 0.15) is 25.8 Å². The molecule has 132 valence electrons. The van der Waals surface area contributed by atoms with Crippen LogP contribution in [0.3, 0.4) is 0 Å². The third-order valence-electron chi connectivity index (χ3n) is 3.40. The van der Waals surface area contributed by atoms with Crippen LogP contribution in [0.25, 0.3) is 11.3 Å². The predicted molar refractivity (Wildman–Crippen MR) is 102 cm³/mol. The van der Waals surface area contributed by atoms with Gasteiger partial charge in [0.15, 0.2) is 5.11 Å². The molecular formula is C17H14N4O3S2. The van der Waals surface area contributed by atoms with E-state index >= 15 is 0 Å². The zero-order chi connectivity index (χ0) is 18.5. The number of hydrogen-bond donors (Lipinski definition) is 3. The Kier molecular flexibility index (Phi) is 5.40. The lowest BCUT2D eigenvalue weighted by atomic mass is 10.1. The lowest BCUT2D eigenvalue weighted by Crippen LogP contribution is -2.48. The van der Waals surface area contributed by atoms with E-state index in [0.29, 0.717) is 16.3 Å². The molecule has 9 heteroatoms. The van der Waals surface area contributed by atoms with Crippen molar-refractivity contribution in [3.63, 3.8) is 0 Å². The average Bonchev–Trinajstić information content (AvgIpc) is 3.30. The summed E-state index contributed by atoms with van der Waals surface area (Å²) in [6, 6.07) is 12.6. The zero-order valence-corrected chi connectivity index (χ0v) is 15.2. The van der Waals surface area contributed by atoms with E-state index in [9.17, 15) is 9.59 Å². The highest BCUT2D eigenvalue weighted by Gasteiger charge is 2.22. The van der Waals surface area contributed by atoms with Gasteiger partial charge in [-0.15, -0.1) is 11.3 Å². The Morgan fingerprint density at radius 3 is 2.54 bits per heavy atom. The molecule has 2 aromatic heterocycles. The number of benzene rings is 1. The SMILES string of the molecule is Cc1onc(-c2ccccc2)c1C(=O)NC(=S)NNC(=O)c1cccs1. The highest BCUT2D eigenvalue weighted by atomic mass is 32.1. The van der Waals surface area contributed by atoms with Crippen molar-refractivity contribution in [2.24, 2.45) is 0 Å². The topological polar surface area (TPSA) is 96.3 Å². The molecule has 1 aromatic carbocycles. The van der Waals surface area contributed by atoms with Crippen molar-refractivity contribution in [1.82, 2.24) is 21.3 Å². The summed E-state index contributed by atoms with van der Waals surface area (Å²) in [7, 11) is 0. The largest absolute Gasteiger partial charge is 0.360 e. The lowest BCUT2D eigenvalue weighted by molar-refractivity contribution is 0.0937. The molecule has 3 aromatic rings. The van der Waals surface area contributed by atoms with Gasteiger partial charge >= 0.3 is 0 Å². The van der Waals surface area contributed by atoms with Gasteiger partial charge in [-0.3, -0.25) is 25.8 Å². The summed E-state index contributed by atoms with van der Waals surface area (Å²) in [5.41, 5.74) is 6.37. The van der Waals surface area contributed by atoms with Crippen molar-refractivity contribution in [3.8, 4) is 11.3 Å². The number of carbonyl (C=O) groups is 2. The Labute approximate surface area is 158 Å². The summed E-state index contributed by atoms with van der Waals surface area (Å²) in [5, 5.41) is 8.20. The molecule has 0 aliphatic carbocycles. The molecule has 0 bridgehead atoms. The second-order valence-corrected chi connectivity index (χ2v) is 6.52. The average molecular weight is 386 g/mol. The fraction of sp³-hybridized carbons (Fsp3) is 0.0588. The summed E-state index contributed by atoms with van der Waals surface area (Å²) >= 11 is 6.34. The van der Waals surface area contributed by atoms with Crippen molar-refractivity contribution in [2.45, 2.75) is 6.92 Å². The van der Waals surface area contributed by atoms with Gasteiger partial charge in [-0.25, -0.2) is 0 Å².